The lowest BCUT2D eigenvalue weighted by molar-refractivity contribution is -0.158. The number of sulfone groups is 1. The quantitative estimate of drug-likeness (QED) is 0.319. The van der Waals surface area contributed by atoms with Crippen molar-refractivity contribution in [1.82, 2.24) is 5.32 Å². The molecule has 9 nitrogen and oxygen atoms in total. The summed E-state index contributed by atoms with van der Waals surface area (Å²) in [6, 6.07) is 6.83. The number of allylic oxidation sites excluding steroid dienone is 4. The minimum atomic E-state index is -4.22. The number of hydrogen-bond acceptors (Lipinski definition) is 8. The van der Waals surface area contributed by atoms with Gasteiger partial charge in [-0.2, -0.15) is 0 Å². The second kappa shape index (κ2) is 13.0. The Labute approximate surface area is 237 Å². The molecule has 1 amide bonds. The largest absolute Gasteiger partial charge is 0.458 e. The first kappa shape index (κ1) is 33.0. The minimum Gasteiger partial charge on any atom is -0.458 e. The molecule has 0 aliphatic heterocycles. The van der Waals surface area contributed by atoms with Gasteiger partial charge in [0.2, 0.25) is 5.91 Å². The van der Waals surface area contributed by atoms with Gasteiger partial charge in [0.25, 0.3) is 0 Å². The van der Waals surface area contributed by atoms with E-state index in [-0.39, 0.29) is 12.8 Å². The van der Waals surface area contributed by atoms with Gasteiger partial charge in [-0.3, -0.25) is 4.79 Å². The molecule has 10 heteroatoms. The predicted octanol–water partition coefficient (Wildman–Crippen LogP) is 3.54. The van der Waals surface area contributed by atoms with E-state index in [1.165, 1.54) is 39.0 Å². The molecule has 1 aromatic rings. The van der Waals surface area contributed by atoms with Gasteiger partial charge in [0, 0.05) is 12.3 Å². The van der Waals surface area contributed by atoms with E-state index in [4.69, 9.17) is 15.2 Å². The molecule has 0 heterocycles. The van der Waals surface area contributed by atoms with Crippen LogP contribution in [0.4, 0.5) is 0 Å². The number of esters is 2. The van der Waals surface area contributed by atoms with Gasteiger partial charge in [-0.05, 0) is 60.5 Å². The Bertz CT molecular complexity index is 1250. The van der Waals surface area contributed by atoms with Crippen molar-refractivity contribution in [2.24, 2.45) is 11.7 Å². The van der Waals surface area contributed by atoms with E-state index in [9.17, 15) is 22.8 Å². The maximum atomic E-state index is 13.9. The van der Waals surface area contributed by atoms with Crippen molar-refractivity contribution in [3.8, 4) is 0 Å². The summed E-state index contributed by atoms with van der Waals surface area (Å²) in [5.74, 6) is -3.32. The number of ether oxygens (including phenoxy) is 2. The van der Waals surface area contributed by atoms with E-state index in [1.807, 2.05) is 30.3 Å². The molecule has 2 rings (SSSR count). The van der Waals surface area contributed by atoms with Gasteiger partial charge in [0.1, 0.15) is 11.6 Å². The van der Waals surface area contributed by atoms with E-state index in [0.717, 1.165) is 11.8 Å². The Morgan fingerprint density at radius 2 is 1.70 bits per heavy atom. The summed E-state index contributed by atoms with van der Waals surface area (Å²) < 4.78 is 35.1. The molecule has 3 N–H and O–H groups in total. The molecule has 0 saturated carbocycles. The van der Waals surface area contributed by atoms with E-state index < -0.39 is 60.8 Å². The van der Waals surface area contributed by atoms with Crippen LogP contribution < -0.4 is 11.1 Å². The van der Waals surface area contributed by atoms with Crippen LogP contribution in [0.25, 0.3) is 0 Å². The first-order chi connectivity index (χ1) is 18.5. The monoisotopic (exact) mass is 574 g/mol. The second-order valence-corrected chi connectivity index (χ2v) is 14.7. The smallest absolute Gasteiger partial charge is 0.336 e. The number of hydrogen-bond donors (Lipinski definition) is 2. The number of benzene rings is 1. The van der Waals surface area contributed by atoms with Gasteiger partial charge in [-0.1, -0.05) is 60.7 Å². The molecule has 4 atom stereocenters. The van der Waals surface area contributed by atoms with Crippen molar-refractivity contribution in [1.29, 1.82) is 0 Å². The average Bonchev–Trinajstić information content (AvgIpc) is 2.85. The normalized spacial score (nSPS) is 21.1. The van der Waals surface area contributed by atoms with Gasteiger partial charge in [0.05, 0.1) is 17.1 Å². The Balaban J connectivity index is 2.39. The maximum Gasteiger partial charge on any atom is 0.336 e. The number of carbonyl (C=O) groups is 3. The van der Waals surface area contributed by atoms with Crippen LogP contribution in [0, 0.1) is 5.92 Å². The van der Waals surface area contributed by atoms with E-state index in [1.54, 1.807) is 39.8 Å². The summed E-state index contributed by atoms with van der Waals surface area (Å²) in [6.07, 6.45) is 8.46. The van der Waals surface area contributed by atoms with E-state index >= 15 is 0 Å². The van der Waals surface area contributed by atoms with Crippen LogP contribution in [0.15, 0.2) is 67.0 Å². The Morgan fingerprint density at radius 1 is 1.07 bits per heavy atom. The molecular formula is C30H42N2O7S. The topological polar surface area (TPSA) is 142 Å². The molecule has 0 aromatic heterocycles. The SMILES string of the molecule is CC=COC(=O)C1(S(=O)(=O)C(C)(C)C)C=CC=CC1C[C@H](N)C(=O)N[C@@H](Cc1ccccc1)C(=O)OC(C)(C)C. The van der Waals surface area contributed by atoms with Crippen molar-refractivity contribution in [2.45, 2.75) is 88.5 Å². The highest BCUT2D eigenvalue weighted by Gasteiger charge is 2.59. The van der Waals surface area contributed by atoms with Crippen LogP contribution in [-0.4, -0.2) is 53.4 Å². The van der Waals surface area contributed by atoms with Crippen molar-refractivity contribution in [3.05, 3.63) is 72.5 Å². The van der Waals surface area contributed by atoms with Crippen LogP contribution in [0.2, 0.25) is 0 Å². The molecule has 1 aliphatic carbocycles. The molecule has 0 fully saturated rings. The first-order valence-corrected chi connectivity index (χ1v) is 14.7. The number of rotatable bonds is 10. The van der Waals surface area contributed by atoms with Gasteiger partial charge in [0.15, 0.2) is 14.6 Å². The van der Waals surface area contributed by atoms with Crippen LogP contribution >= 0.6 is 0 Å². The van der Waals surface area contributed by atoms with Gasteiger partial charge in [-0.15, -0.1) is 0 Å². The molecule has 0 radical (unpaired) electrons. The fraction of sp³-hybridized carbons (Fsp3) is 0.500. The summed E-state index contributed by atoms with van der Waals surface area (Å²) in [7, 11) is -4.22. The Kier molecular flexibility index (Phi) is 10.7. The van der Waals surface area contributed by atoms with Crippen LogP contribution in [0.5, 0.6) is 0 Å². The third-order valence-corrected chi connectivity index (χ3v) is 9.47. The van der Waals surface area contributed by atoms with Crippen LogP contribution in [-0.2, 0) is 40.1 Å². The lowest BCUT2D eigenvalue weighted by Crippen LogP contribution is -2.59. The second-order valence-electron chi connectivity index (χ2n) is 11.8. The standard InChI is InChI=1S/C30H42N2O7S/c1-8-18-38-27(35)30(40(36,37)29(5,6)7)17-13-12-16-22(30)20-23(31)25(33)32-24(26(34)39-28(2,3)4)19-21-14-10-9-11-15-21/h8-18,22-24H,19-20,31H2,1-7H3,(H,32,33)/t22?,23-,24-,30?/m0/s1. The maximum absolute atomic E-state index is 13.9. The van der Waals surface area contributed by atoms with Gasteiger partial charge >= 0.3 is 11.9 Å². The summed E-state index contributed by atoms with van der Waals surface area (Å²) in [4.78, 5) is 39.7. The molecule has 220 valence electrons. The lowest BCUT2D eigenvalue weighted by atomic mass is 9.82. The highest BCUT2D eigenvalue weighted by atomic mass is 32.2. The predicted molar refractivity (Wildman–Crippen MR) is 155 cm³/mol. The van der Waals surface area contributed by atoms with Gasteiger partial charge < -0.3 is 20.5 Å². The number of amides is 1. The van der Waals surface area contributed by atoms with Crippen molar-refractivity contribution in [2.75, 3.05) is 0 Å². The third kappa shape index (κ3) is 7.69. The third-order valence-electron chi connectivity index (χ3n) is 6.37. The molecule has 1 aliphatic rings. The Morgan fingerprint density at radius 3 is 2.25 bits per heavy atom. The van der Waals surface area contributed by atoms with Crippen LogP contribution in [0.3, 0.4) is 0 Å². The molecule has 0 saturated heterocycles. The number of carbonyl (C=O) groups excluding carboxylic acids is 3. The highest BCUT2D eigenvalue weighted by Crippen LogP contribution is 2.42. The van der Waals surface area contributed by atoms with E-state index in [0.29, 0.717) is 0 Å². The average molecular weight is 575 g/mol. The van der Waals surface area contributed by atoms with Gasteiger partial charge in [-0.25, -0.2) is 18.0 Å². The Hall–Kier alpha value is -3.24. The first-order valence-electron chi connectivity index (χ1n) is 13.2. The summed E-state index contributed by atoms with van der Waals surface area (Å²) in [6.45, 7) is 11.3. The molecule has 0 spiro atoms. The van der Waals surface area contributed by atoms with Crippen molar-refractivity contribution < 1.29 is 32.3 Å². The highest BCUT2D eigenvalue weighted by molar-refractivity contribution is 7.95. The fourth-order valence-electron chi connectivity index (χ4n) is 4.34. The molecule has 40 heavy (non-hydrogen) atoms. The molecule has 1 aromatic carbocycles. The lowest BCUT2D eigenvalue weighted by Gasteiger charge is -2.40. The number of nitrogens with two attached hydrogens (primary N) is 1. The molecule has 2 unspecified atom stereocenters. The zero-order chi connectivity index (χ0) is 30.4. The summed E-state index contributed by atoms with van der Waals surface area (Å²) in [5, 5.41) is 2.68. The molecular weight excluding hydrogens is 532 g/mol. The molecule has 0 bridgehead atoms. The zero-order valence-corrected chi connectivity index (χ0v) is 25.2. The minimum absolute atomic E-state index is 0.165. The van der Waals surface area contributed by atoms with Crippen molar-refractivity contribution >= 4 is 27.7 Å². The van der Waals surface area contributed by atoms with Crippen molar-refractivity contribution in [3.63, 3.8) is 0 Å². The summed E-state index contributed by atoms with van der Waals surface area (Å²) in [5.41, 5.74) is 6.32. The van der Waals surface area contributed by atoms with E-state index in [2.05, 4.69) is 5.32 Å². The fourth-order valence-corrected chi connectivity index (χ4v) is 6.45. The summed E-state index contributed by atoms with van der Waals surface area (Å²) >= 11 is 0. The number of nitrogens with one attached hydrogen (secondary N) is 1. The zero-order valence-electron chi connectivity index (χ0n) is 24.3. The van der Waals surface area contributed by atoms with Crippen LogP contribution in [0.1, 0.15) is 60.5 Å².